The van der Waals surface area contributed by atoms with Crippen LogP contribution >= 0.6 is 0 Å². The minimum Gasteiger partial charge on any atom is -0.239 e. The Morgan fingerprint density at radius 3 is 2.00 bits per heavy atom. The Hall–Kier alpha value is -0.990. The van der Waals surface area contributed by atoms with Crippen molar-refractivity contribution in [2.24, 2.45) is 0 Å². The minimum absolute atomic E-state index is 0.308. The third kappa shape index (κ3) is 1.04. The number of hydrogen-bond donors (Lipinski definition) is 0. The van der Waals surface area contributed by atoms with Crippen molar-refractivity contribution in [3.8, 4) is 0 Å². The molecule has 0 aliphatic heterocycles. The maximum atomic E-state index is 12.6. The molecule has 48 valence electrons. The molecule has 9 heavy (non-hydrogen) atoms. The van der Waals surface area contributed by atoms with Gasteiger partial charge in [0.25, 0.3) is 0 Å². The van der Waals surface area contributed by atoms with Gasteiger partial charge >= 0.3 is 0 Å². The van der Waals surface area contributed by atoms with E-state index in [2.05, 4.69) is 9.97 Å². The molecule has 0 aromatic carbocycles. The van der Waals surface area contributed by atoms with Gasteiger partial charge < -0.3 is 0 Å². The Labute approximate surface area is 52.8 Å². The molecule has 0 saturated heterocycles. The Balaban J connectivity index is 3.25. The van der Waals surface area contributed by atoms with Crippen molar-refractivity contribution in [3.05, 3.63) is 23.5 Å². The summed E-state index contributed by atoms with van der Waals surface area (Å²) in [6.07, 6.45) is 1.35. The van der Waals surface area contributed by atoms with E-state index in [9.17, 15) is 4.39 Å². The maximum absolute atomic E-state index is 12.6. The first-order valence-corrected chi connectivity index (χ1v) is 2.65. The first-order valence-electron chi connectivity index (χ1n) is 2.65. The predicted octanol–water partition coefficient (Wildman–Crippen LogP) is 1.23. The molecule has 0 unspecified atom stereocenters. The molecule has 0 N–H and O–H groups in total. The average Bonchev–Trinajstić information content (AvgIpc) is 1.83. The molecule has 1 heterocycles. The van der Waals surface area contributed by atoms with Crippen LogP contribution in [0.5, 0.6) is 0 Å². The monoisotopic (exact) mass is 126 g/mol. The Bertz CT molecular complexity index is 202. The lowest BCUT2D eigenvalue weighted by Gasteiger charge is -1.94. The molecule has 0 aliphatic carbocycles. The van der Waals surface area contributed by atoms with Crippen molar-refractivity contribution in [2.45, 2.75) is 13.8 Å². The molecule has 0 amide bonds. The molecule has 0 radical (unpaired) electrons. The molecule has 0 aliphatic rings. The third-order valence-corrected chi connectivity index (χ3v) is 1.14. The first-order chi connectivity index (χ1) is 4.22. The van der Waals surface area contributed by atoms with Crippen LogP contribution in [0.4, 0.5) is 4.39 Å². The van der Waals surface area contributed by atoms with E-state index in [1.165, 1.54) is 6.33 Å². The molecule has 1 rings (SSSR count). The van der Waals surface area contributed by atoms with Crippen LogP contribution < -0.4 is 0 Å². The topological polar surface area (TPSA) is 25.8 Å². The van der Waals surface area contributed by atoms with Crippen LogP contribution in [-0.2, 0) is 0 Å². The summed E-state index contributed by atoms with van der Waals surface area (Å²) in [4.78, 5) is 7.31. The molecule has 0 fully saturated rings. The molecule has 0 bridgehead atoms. The fourth-order valence-electron chi connectivity index (χ4n) is 0.577. The Morgan fingerprint density at radius 2 is 1.67 bits per heavy atom. The molecule has 0 spiro atoms. The van der Waals surface area contributed by atoms with Crippen LogP contribution in [0.3, 0.4) is 0 Å². The van der Waals surface area contributed by atoms with Crippen LogP contribution in [-0.4, -0.2) is 9.97 Å². The largest absolute Gasteiger partial charge is 0.239 e. The van der Waals surface area contributed by atoms with Crippen LogP contribution in [0.25, 0.3) is 0 Å². The van der Waals surface area contributed by atoms with E-state index >= 15 is 0 Å². The van der Waals surface area contributed by atoms with E-state index in [0.29, 0.717) is 11.4 Å². The minimum atomic E-state index is -0.308. The lowest BCUT2D eigenvalue weighted by molar-refractivity contribution is 0.589. The second-order valence-electron chi connectivity index (χ2n) is 1.86. The van der Waals surface area contributed by atoms with Crippen molar-refractivity contribution in [2.75, 3.05) is 0 Å². The van der Waals surface area contributed by atoms with Crippen LogP contribution in [0, 0.1) is 19.7 Å². The molecule has 1 aromatic heterocycles. The van der Waals surface area contributed by atoms with Gasteiger partial charge in [0.1, 0.15) is 6.33 Å². The van der Waals surface area contributed by atoms with Gasteiger partial charge in [0, 0.05) is 0 Å². The van der Waals surface area contributed by atoms with E-state index in [1.807, 2.05) is 0 Å². The second kappa shape index (κ2) is 2.09. The van der Waals surface area contributed by atoms with E-state index in [-0.39, 0.29) is 5.82 Å². The lowest BCUT2D eigenvalue weighted by Crippen LogP contribution is -1.93. The summed E-state index contributed by atoms with van der Waals surface area (Å²) >= 11 is 0. The highest BCUT2D eigenvalue weighted by atomic mass is 19.1. The third-order valence-electron chi connectivity index (χ3n) is 1.14. The highest BCUT2D eigenvalue weighted by molar-refractivity contribution is 5.07. The van der Waals surface area contributed by atoms with Gasteiger partial charge in [0.05, 0.1) is 11.4 Å². The summed E-state index contributed by atoms with van der Waals surface area (Å²) in [5, 5.41) is 0. The lowest BCUT2D eigenvalue weighted by atomic mass is 10.3. The highest BCUT2D eigenvalue weighted by Crippen LogP contribution is 2.02. The number of rotatable bonds is 0. The van der Waals surface area contributed by atoms with Gasteiger partial charge in [-0.1, -0.05) is 0 Å². The summed E-state index contributed by atoms with van der Waals surface area (Å²) in [5.41, 5.74) is 0.810. The average molecular weight is 126 g/mol. The summed E-state index contributed by atoms with van der Waals surface area (Å²) in [5.74, 6) is -0.308. The van der Waals surface area contributed by atoms with Gasteiger partial charge in [-0.2, -0.15) is 0 Å². The molecule has 3 heteroatoms. The van der Waals surface area contributed by atoms with Gasteiger partial charge in [-0.3, -0.25) is 0 Å². The molecular formula is C6H7FN2. The molecule has 0 saturated carbocycles. The zero-order chi connectivity index (χ0) is 6.85. The zero-order valence-electron chi connectivity index (χ0n) is 5.35. The van der Waals surface area contributed by atoms with Crippen molar-refractivity contribution >= 4 is 0 Å². The van der Waals surface area contributed by atoms with E-state index in [0.717, 1.165) is 0 Å². The number of halogens is 1. The molecule has 2 nitrogen and oxygen atoms in total. The molecule has 1 aromatic rings. The first kappa shape index (κ1) is 6.13. The quantitative estimate of drug-likeness (QED) is 0.522. The number of hydrogen-bond acceptors (Lipinski definition) is 2. The van der Waals surface area contributed by atoms with E-state index < -0.39 is 0 Å². The summed E-state index contributed by atoms with van der Waals surface area (Å²) in [6, 6.07) is 0. The van der Waals surface area contributed by atoms with E-state index in [1.54, 1.807) is 13.8 Å². The molecular weight excluding hydrogens is 119 g/mol. The Morgan fingerprint density at radius 1 is 1.22 bits per heavy atom. The van der Waals surface area contributed by atoms with Crippen molar-refractivity contribution < 1.29 is 4.39 Å². The van der Waals surface area contributed by atoms with Crippen molar-refractivity contribution in [1.29, 1.82) is 0 Å². The highest BCUT2D eigenvalue weighted by Gasteiger charge is 1.99. The summed E-state index contributed by atoms with van der Waals surface area (Å²) < 4.78 is 12.6. The van der Waals surface area contributed by atoms with Gasteiger partial charge in [-0.05, 0) is 13.8 Å². The van der Waals surface area contributed by atoms with Crippen LogP contribution in [0.2, 0.25) is 0 Å². The van der Waals surface area contributed by atoms with Crippen LogP contribution in [0.15, 0.2) is 6.33 Å². The second-order valence-corrected chi connectivity index (χ2v) is 1.86. The van der Waals surface area contributed by atoms with Gasteiger partial charge in [0.15, 0.2) is 5.82 Å². The Kier molecular flexibility index (Phi) is 1.42. The van der Waals surface area contributed by atoms with Gasteiger partial charge in [0.2, 0.25) is 0 Å². The fraction of sp³-hybridized carbons (Fsp3) is 0.333. The number of aryl methyl sites for hydroxylation is 2. The smallest absolute Gasteiger partial charge is 0.165 e. The normalized spacial score (nSPS) is 9.67. The van der Waals surface area contributed by atoms with Gasteiger partial charge in [-0.15, -0.1) is 0 Å². The molecule has 0 atom stereocenters. The fourth-order valence-corrected chi connectivity index (χ4v) is 0.577. The SMILES string of the molecule is Cc1ncnc(C)c1F. The summed E-state index contributed by atoms with van der Waals surface area (Å²) in [6.45, 7) is 3.23. The number of nitrogens with zero attached hydrogens (tertiary/aromatic N) is 2. The van der Waals surface area contributed by atoms with Crippen molar-refractivity contribution in [3.63, 3.8) is 0 Å². The standard InChI is InChI=1S/C6H7FN2/c1-4-6(7)5(2)9-3-8-4/h3H,1-2H3. The zero-order valence-corrected chi connectivity index (χ0v) is 5.35. The number of aromatic nitrogens is 2. The van der Waals surface area contributed by atoms with E-state index in [4.69, 9.17) is 0 Å². The van der Waals surface area contributed by atoms with Crippen LogP contribution in [0.1, 0.15) is 11.4 Å². The predicted molar refractivity (Wildman–Crippen MR) is 31.5 cm³/mol. The maximum Gasteiger partial charge on any atom is 0.165 e. The van der Waals surface area contributed by atoms with Crippen molar-refractivity contribution in [1.82, 2.24) is 9.97 Å². The van der Waals surface area contributed by atoms with Gasteiger partial charge in [-0.25, -0.2) is 14.4 Å². The summed E-state index contributed by atoms with van der Waals surface area (Å²) in [7, 11) is 0.